The Morgan fingerprint density at radius 1 is 1.24 bits per heavy atom. The average molecular weight is 372 g/mol. The third-order valence-electron chi connectivity index (χ3n) is 4.10. The molecule has 134 valence electrons. The lowest BCUT2D eigenvalue weighted by molar-refractivity contribution is -0.274. The number of likely N-dealkylation sites (tertiary alicyclic amines) is 1. The smallest absolute Gasteiger partial charge is 0.406 e. The highest BCUT2D eigenvalue weighted by atomic mass is 32.2. The Balaban J connectivity index is 1.81. The fourth-order valence-corrected chi connectivity index (χ4v) is 3.67. The van der Waals surface area contributed by atoms with Gasteiger partial charge in [-0.2, -0.15) is 0 Å². The van der Waals surface area contributed by atoms with E-state index in [1.165, 1.54) is 36.0 Å². The number of halogens is 3. The minimum Gasteiger partial charge on any atom is -0.406 e. The molecule has 9 heteroatoms. The van der Waals surface area contributed by atoms with Crippen LogP contribution in [-0.2, 0) is 0 Å². The molecule has 25 heavy (non-hydrogen) atoms. The third-order valence-corrected chi connectivity index (χ3v) is 5.04. The summed E-state index contributed by atoms with van der Waals surface area (Å²) in [6, 6.07) is 5.30. The Morgan fingerprint density at radius 2 is 1.88 bits per heavy atom. The normalized spacial score (nSPS) is 25.0. The maximum Gasteiger partial charge on any atom is 0.573 e. The molecule has 2 heterocycles. The van der Waals surface area contributed by atoms with Crippen molar-refractivity contribution in [1.82, 2.24) is 9.38 Å². The van der Waals surface area contributed by atoms with Gasteiger partial charge in [0.1, 0.15) is 17.6 Å². The highest BCUT2D eigenvalue weighted by Crippen LogP contribution is 2.35. The van der Waals surface area contributed by atoms with Crippen LogP contribution in [0.5, 0.6) is 5.75 Å². The van der Waals surface area contributed by atoms with E-state index in [-0.39, 0.29) is 16.3 Å². The molecule has 0 saturated carbocycles. The van der Waals surface area contributed by atoms with Crippen LogP contribution in [0.2, 0.25) is 0 Å². The molecular formula is C16H17F3N3O2S+. The number of rotatable bonds is 2. The predicted molar refractivity (Wildman–Crippen MR) is 91.2 cm³/mol. The van der Waals surface area contributed by atoms with Gasteiger partial charge in [0.2, 0.25) is 0 Å². The molecule has 2 aliphatic rings. The summed E-state index contributed by atoms with van der Waals surface area (Å²) in [5.41, 5.74) is 0.684. The van der Waals surface area contributed by atoms with Crippen molar-refractivity contribution in [2.75, 3.05) is 20.1 Å². The number of carbonyl (C=O) groups is 1. The van der Waals surface area contributed by atoms with Crippen molar-refractivity contribution in [2.45, 2.75) is 19.2 Å². The number of hydrogen-bond donors (Lipinski definition) is 0. The number of urea groups is 1. The van der Waals surface area contributed by atoms with E-state index in [0.717, 1.165) is 12.8 Å². The highest BCUT2D eigenvalue weighted by Gasteiger charge is 2.37. The molecular weight excluding hydrogens is 355 g/mol. The van der Waals surface area contributed by atoms with E-state index in [1.807, 2.05) is 18.7 Å². The van der Waals surface area contributed by atoms with Crippen LogP contribution in [-0.4, -0.2) is 42.6 Å². The number of quaternary nitrogens is 1. The summed E-state index contributed by atoms with van der Waals surface area (Å²) in [6.07, 6.45) is -0.928. The van der Waals surface area contributed by atoms with Gasteiger partial charge in [0, 0.05) is 30.6 Å². The molecule has 0 aromatic heterocycles. The molecule has 2 amide bonds. The maximum atomic E-state index is 12.3. The van der Waals surface area contributed by atoms with Gasteiger partial charge in [-0.15, -0.1) is 18.2 Å². The van der Waals surface area contributed by atoms with Crippen molar-refractivity contribution in [1.29, 1.82) is 0 Å². The Bertz CT molecular complexity index is 712. The fraction of sp³-hybridized carbons (Fsp3) is 0.375. The second-order valence-electron chi connectivity index (χ2n) is 5.89. The maximum absolute atomic E-state index is 12.3. The van der Waals surface area contributed by atoms with Crippen molar-refractivity contribution in [2.24, 2.45) is 4.99 Å². The molecule has 0 N–H and O–H groups in total. The number of nitrogens with zero attached hydrogens (tertiary/aromatic N) is 3. The van der Waals surface area contributed by atoms with Gasteiger partial charge >= 0.3 is 12.4 Å². The van der Waals surface area contributed by atoms with E-state index in [0.29, 0.717) is 23.9 Å². The van der Waals surface area contributed by atoms with Gasteiger partial charge in [-0.3, -0.25) is 0 Å². The molecule has 1 aromatic rings. The van der Waals surface area contributed by atoms with Crippen LogP contribution in [0.25, 0.3) is 0 Å². The van der Waals surface area contributed by atoms with Crippen molar-refractivity contribution in [3.63, 3.8) is 0 Å². The number of alkyl halides is 3. The number of amidine groups is 1. The SMILES string of the molecule is C[N+]1(c2ccc(OC(F)(F)F)cc2)C=CS/C1=N\C(=O)N1CCCC1. The molecule has 3 rings (SSSR count). The Kier molecular flexibility index (Phi) is 4.79. The van der Waals surface area contributed by atoms with Gasteiger partial charge in [-0.05, 0) is 36.7 Å². The molecule has 0 aliphatic carbocycles. The molecule has 1 unspecified atom stereocenters. The zero-order chi connectivity index (χ0) is 18.1. The lowest BCUT2D eigenvalue weighted by atomic mass is 10.2. The number of hydrogen-bond acceptors (Lipinski definition) is 3. The van der Waals surface area contributed by atoms with Gasteiger partial charge < -0.3 is 9.64 Å². The van der Waals surface area contributed by atoms with E-state index < -0.39 is 6.36 Å². The first-order valence-corrected chi connectivity index (χ1v) is 8.61. The molecule has 0 spiro atoms. The van der Waals surface area contributed by atoms with Gasteiger partial charge in [0.15, 0.2) is 0 Å². The fourth-order valence-electron chi connectivity index (χ4n) is 2.73. The van der Waals surface area contributed by atoms with Crippen molar-refractivity contribution >= 4 is 28.6 Å². The Labute approximate surface area is 147 Å². The van der Waals surface area contributed by atoms with E-state index in [4.69, 9.17) is 0 Å². The minimum atomic E-state index is -4.72. The molecule has 0 radical (unpaired) electrons. The number of aliphatic imine (C=N–C) groups is 1. The first-order valence-electron chi connectivity index (χ1n) is 7.73. The molecule has 5 nitrogen and oxygen atoms in total. The van der Waals surface area contributed by atoms with Crippen molar-refractivity contribution in [3.05, 3.63) is 35.9 Å². The largest absolute Gasteiger partial charge is 0.573 e. The summed E-state index contributed by atoms with van der Waals surface area (Å²) in [5.74, 6) is -0.287. The molecule has 1 atom stereocenters. The first-order chi connectivity index (χ1) is 11.8. The van der Waals surface area contributed by atoms with Crippen LogP contribution in [0, 0.1) is 0 Å². The zero-order valence-corrected chi connectivity index (χ0v) is 14.3. The minimum absolute atomic E-state index is 0.122. The van der Waals surface area contributed by atoms with Crippen LogP contribution >= 0.6 is 11.8 Å². The molecule has 0 bridgehead atoms. The average Bonchev–Trinajstić information content (AvgIpc) is 3.18. The Morgan fingerprint density at radius 3 is 2.48 bits per heavy atom. The van der Waals surface area contributed by atoms with Gasteiger partial charge in [-0.25, -0.2) is 9.28 Å². The summed E-state index contributed by atoms with van der Waals surface area (Å²) >= 11 is 1.33. The summed E-state index contributed by atoms with van der Waals surface area (Å²) < 4.78 is 40.8. The van der Waals surface area contributed by atoms with Crippen LogP contribution in [0.4, 0.5) is 23.7 Å². The number of thioether (sulfide) groups is 1. The van der Waals surface area contributed by atoms with Gasteiger partial charge in [0.25, 0.3) is 5.17 Å². The second kappa shape index (κ2) is 6.72. The van der Waals surface area contributed by atoms with Gasteiger partial charge in [0.05, 0.1) is 7.05 Å². The number of ether oxygens (including phenoxy) is 1. The molecule has 1 aromatic carbocycles. The third kappa shape index (κ3) is 3.98. The number of carbonyl (C=O) groups excluding carboxylic acids is 1. The summed E-state index contributed by atoms with van der Waals surface area (Å²) in [5, 5.41) is 2.37. The first kappa shape index (κ1) is 17.8. The quantitative estimate of drug-likeness (QED) is 0.727. The van der Waals surface area contributed by atoms with E-state index in [2.05, 4.69) is 9.73 Å². The topological polar surface area (TPSA) is 41.9 Å². The van der Waals surface area contributed by atoms with Crippen LogP contribution in [0.3, 0.4) is 0 Å². The number of amides is 2. The van der Waals surface area contributed by atoms with Crippen LogP contribution in [0.15, 0.2) is 40.9 Å². The number of benzene rings is 1. The molecule has 1 saturated heterocycles. The summed E-state index contributed by atoms with van der Waals surface area (Å²) in [6.45, 7) is 1.42. The lowest BCUT2D eigenvalue weighted by Gasteiger charge is -2.25. The predicted octanol–water partition coefficient (Wildman–Crippen LogP) is 4.31. The second-order valence-corrected chi connectivity index (χ2v) is 6.76. The monoisotopic (exact) mass is 372 g/mol. The van der Waals surface area contributed by atoms with E-state index in [9.17, 15) is 18.0 Å². The zero-order valence-electron chi connectivity index (χ0n) is 13.5. The lowest BCUT2D eigenvalue weighted by Crippen LogP contribution is -2.42. The van der Waals surface area contributed by atoms with E-state index >= 15 is 0 Å². The van der Waals surface area contributed by atoms with Gasteiger partial charge in [-0.1, -0.05) is 0 Å². The summed E-state index contributed by atoms with van der Waals surface area (Å²) in [7, 11) is 1.83. The summed E-state index contributed by atoms with van der Waals surface area (Å²) in [4.78, 5) is 18.2. The van der Waals surface area contributed by atoms with Crippen LogP contribution < -0.4 is 9.22 Å². The van der Waals surface area contributed by atoms with Crippen molar-refractivity contribution in [3.8, 4) is 5.75 Å². The Hall–Kier alpha value is -2.00. The highest BCUT2D eigenvalue weighted by molar-refractivity contribution is 8.16. The van der Waals surface area contributed by atoms with E-state index in [1.54, 1.807) is 4.90 Å². The molecule has 1 fully saturated rings. The standard InChI is InChI=1S/C16H17F3N3O2S/c1-22(12-4-6-13(7-5-12)24-16(17,18)19)10-11-25-15(22)20-14(23)21-8-2-3-9-21/h4-7,10-11H,2-3,8-9H2,1H3/q+1/b20-15-. The molecule has 2 aliphatic heterocycles. The van der Waals surface area contributed by atoms with Crippen molar-refractivity contribution < 1.29 is 22.7 Å². The van der Waals surface area contributed by atoms with Crippen LogP contribution in [0.1, 0.15) is 12.8 Å².